The molecule has 1 fully saturated rings. The highest BCUT2D eigenvalue weighted by Gasteiger charge is 2.28. The molecule has 1 N–H and O–H groups in total. The molecule has 0 aliphatic carbocycles. The minimum absolute atomic E-state index is 0.379. The fraction of sp³-hybridized carbons (Fsp3) is 1.00. The van der Waals surface area contributed by atoms with Crippen LogP contribution in [0.15, 0.2) is 0 Å². The van der Waals surface area contributed by atoms with Crippen LogP contribution < -0.4 is 5.32 Å². The fourth-order valence-corrected chi connectivity index (χ4v) is 2.34. The zero-order chi connectivity index (χ0) is 11.5. The number of nitrogens with one attached hydrogen (secondary N) is 1. The lowest BCUT2D eigenvalue weighted by atomic mass is 10.1. The number of rotatable bonds is 4. The van der Waals surface area contributed by atoms with Gasteiger partial charge in [0.15, 0.2) is 0 Å². The van der Waals surface area contributed by atoms with Crippen molar-refractivity contribution in [1.82, 2.24) is 10.2 Å². The summed E-state index contributed by atoms with van der Waals surface area (Å²) < 4.78 is 0.379. The first-order valence-electron chi connectivity index (χ1n) is 6.01. The van der Waals surface area contributed by atoms with Crippen LogP contribution in [0.2, 0.25) is 0 Å². The molecule has 0 bridgehead atoms. The largest absolute Gasteiger partial charge is 0.311 e. The SMILES string of the molecule is CCC1CN(CC(C)(C)SC)C(C)CN1. The molecule has 2 unspecified atom stereocenters. The first-order chi connectivity index (χ1) is 6.98. The van der Waals surface area contributed by atoms with Gasteiger partial charge in [0, 0.05) is 36.5 Å². The monoisotopic (exact) mass is 230 g/mol. The van der Waals surface area contributed by atoms with Crippen LogP contribution in [-0.2, 0) is 0 Å². The van der Waals surface area contributed by atoms with Crippen LogP contribution in [0, 0.1) is 0 Å². The summed E-state index contributed by atoms with van der Waals surface area (Å²) in [5.74, 6) is 0. The Bertz CT molecular complexity index is 194. The van der Waals surface area contributed by atoms with E-state index in [1.165, 1.54) is 19.5 Å². The molecular formula is C12H26N2S. The molecule has 1 heterocycles. The van der Waals surface area contributed by atoms with E-state index in [0.717, 1.165) is 6.54 Å². The maximum Gasteiger partial charge on any atom is 0.0228 e. The standard InChI is InChI=1S/C12H26N2S/c1-6-11-8-14(10(2)7-13-11)9-12(3,4)15-5/h10-11,13H,6-9H2,1-5H3. The summed E-state index contributed by atoms with van der Waals surface area (Å²) in [5, 5.41) is 3.60. The molecule has 1 rings (SSSR count). The summed E-state index contributed by atoms with van der Waals surface area (Å²) >= 11 is 1.97. The van der Waals surface area contributed by atoms with Gasteiger partial charge >= 0.3 is 0 Å². The highest BCUT2D eigenvalue weighted by atomic mass is 32.2. The summed E-state index contributed by atoms with van der Waals surface area (Å²) in [6.07, 6.45) is 3.45. The minimum atomic E-state index is 0.379. The molecule has 1 aliphatic heterocycles. The van der Waals surface area contributed by atoms with Crippen LogP contribution in [0.5, 0.6) is 0 Å². The van der Waals surface area contributed by atoms with Crippen molar-refractivity contribution in [1.29, 1.82) is 0 Å². The summed E-state index contributed by atoms with van der Waals surface area (Å²) in [6.45, 7) is 12.8. The summed E-state index contributed by atoms with van der Waals surface area (Å²) in [5.41, 5.74) is 0. The molecule has 0 amide bonds. The van der Waals surface area contributed by atoms with Crippen molar-refractivity contribution in [2.24, 2.45) is 0 Å². The topological polar surface area (TPSA) is 15.3 Å². The Morgan fingerprint density at radius 3 is 2.67 bits per heavy atom. The van der Waals surface area contributed by atoms with Gasteiger partial charge in [-0.15, -0.1) is 0 Å². The molecule has 1 saturated heterocycles. The third kappa shape index (κ3) is 3.97. The van der Waals surface area contributed by atoms with Crippen molar-refractivity contribution in [2.75, 3.05) is 25.9 Å². The van der Waals surface area contributed by atoms with Gasteiger partial charge in [-0.1, -0.05) is 6.92 Å². The summed E-state index contributed by atoms with van der Waals surface area (Å²) in [6, 6.07) is 1.37. The Balaban J connectivity index is 2.51. The molecule has 90 valence electrons. The number of piperazine rings is 1. The van der Waals surface area contributed by atoms with E-state index in [1.807, 2.05) is 11.8 Å². The van der Waals surface area contributed by atoms with Gasteiger partial charge in [0.05, 0.1) is 0 Å². The van der Waals surface area contributed by atoms with Crippen LogP contribution in [0.1, 0.15) is 34.1 Å². The van der Waals surface area contributed by atoms with E-state index >= 15 is 0 Å². The van der Waals surface area contributed by atoms with Gasteiger partial charge in [-0.05, 0) is 33.4 Å². The third-order valence-corrected chi connectivity index (χ3v) is 4.64. The summed E-state index contributed by atoms with van der Waals surface area (Å²) in [4.78, 5) is 2.64. The Hall–Kier alpha value is 0.270. The van der Waals surface area contributed by atoms with Gasteiger partial charge in [-0.3, -0.25) is 4.90 Å². The number of hydrogen-bond donors (Lipinski definition) is 1. The smallest absolute Gasteiger partial charge is 0.0228 e. The average molecular weight is 230 g/mol. The number of nitrogens with zero attached hydrogens (tertiary/aromatic N) is 1. The van der Waals surface area contributed by atoms with E-state index in [9.17, 15) is 0 Å². The number of thioether (sulfide) groups is 1. The van der Waals surface area contributed by atoms with Crippen LogP contribution in [0.4, 0.5) is 0 Å². The molecule has 1 aliphatic rings. The first kappa shape index (κ1) is 13.3. The summed E-state index contributed by atoms with van der Waals surface area (Å²) in [7, 11) is 0. The number of hydrogen-bond acceptors (Lipinski definition) is 3. The maximum atomic E-state index is 3.60. The van der Waals surface area contributed by atoms with E-state index in [0.29, 0.717) is 16.8 Å². The zero-order valence-electron chi connectivity index (χ0n) is 10.8. The Labute approximate surface area is 99.2 Å². The van der Waals surface area contributed by atoms with E-state index in [4.69, 9.17) is 0 Å². The molecule has 0 saturated carbocycles. The quantitative estimate of drug-likeness (QED) is 0.797. The van der Waals surface area contributed by atoms with Gasteiger partial charge in [-0.25, -0.2) is 0 Å². The molecule has 3 heteroatoms. The van der Waals surface area contributed by atoms with E-state index in [2.05, 4.69) is 44.2 Å². The lowest BCUT2D eigenvalue weighted by molar-refractivity contribution is 0.130. The van der Waals surface area contributed by atoms with Crippen molar-refractivity contribution in [3.05, 3.63) is 0 Å². The second-order valence-corrected chi connectivity index (χ2v) is 6.77. The Kier molecular flexibility index (Phi) is 4.94. The normalized spacial score (nSPS) is 29.4. The molecule has 0 aromatic carbocycles. The Morgan fingerprint density at radius 1 is 1.47 bits per heavy atom. The predicted molar refractivity (Wildman–Crippen MR) is 70.7 cm³/mol. The molecule has 0 aromatic heterocycles. The van der Waals surface area contributed by atoms with Gasteiger partial charge in [-0.2, -0.15) is 11.8 Å². The molecule has 0 radical (unpaired) electrons. The van der Waals surface area contributed by atoms with Crippen molar-refractivity contribution in [3.8, 4) is 0 Å². The van der Waals surface area contributed by atoms with Gasteiger partial charge in [0.2, 0.25) is 0 Å². The van der Waals surface area contributed by atoms with E-state index in [1.54, 1.807) is 0 Å². The van der Waals surface area contributed by atoms with E-state index in [-0.39, 0.29) is 0 Å². The lowest BCUT2D eigenvalue weighted by Gasteiger charge is -2.42. The highest BCUT2D eigenvalue weighted by molar-refractivity contribution is 7.99. The second kappa shape index (κ2) is 5.55. The maximum absolute atomic E-state index is 3.60. The van der Waals surface area contributed by atoms with E-state index < -0.39 is 0 Å². The minimum Gasteiger partial charge on any atom is -0.311 e. The third-order valence-electron chi connectivity index (χ3n) is 3.41. The molecule has 0 aromatic rings. The molecule has 2 atom stereocenters. The Morgan fingerprint density at radius 2 is 2.13 bits per heavy atom. The van der Waals surface area contributed by atoms with Crippen molar-refractivity contribution < 1.29 is 0 Å². The van der Waals surface area contributed by atoms with Gasteiger partial charge in [0.1, 0.15) is 0 Å². The van der Waals surface area contributed by atoms with Gasteiger partial charge < -0.3 is 5.32 Å². The highest BCUT2D eigenvalue weighted by Crippen LogP contribution is 2.24. The van der Waals surface area contributed by atoms with Crippen molar-refractivity contribution in [2.45, 2.75) is 50.9 Å². The zero-order valence-corrected chi connectivity index (χ0v) is 11.7. The van der Waals surface area contributed by atoms with Crippen LogP contribution in [0.25, 0.3) is 0 Å². The van der Waals surface area contributed by atoms with Crippen molar-refractivity contribution >= 4 is 11.8 Å². The van der Waals surface area contributed by atoms with Crippen molar-refractivity contribution in [3.63, 3.8) is 0 Å². The first-order valence-corrected chi connectivity index (χ1v) is 7.23. The van der Waals surface area contributed by atoms with Crippen LogP contribution in [0.3, 0.4) is 0 Å². The second-order valence-electron chi connectivity index (χ2n) is 5.26. The fourth-order valence-electron chi connectivity index (χ4n) is 2.04. The molecule has 2 nitrogen and oxygen atoms in total. The predicted octanol–water partition coefficient (Wildman–Crippen LogP) is 2.20. The molecule has 15 heavy (non-hydrogen) atoms. The molecular weight excluding hydrogens is 204 g/mol. The lowest BCUT2D eigenvalue weighted by Crippen LogP contribution is -2.57. The van der Waals surface area contributed by atoms with Gasteiger partial charge in [0.25, 0.3) is 0 Å². The average Bonchev–Trinajstić information content (AvgIpc) is 2.21. The van der Waals surface area contributed by atoms with Crippen LogP contribution in [-0.4, -0.2) is 47.6 Å². The molecule has 0 spiro atoms. The van der Waals surface area contributed by atoms with Crippen LogP contribution >= 0.6 is 11.8 Å².